The maximum atomic E-state index is 14.7. The highest BCUT2D eigenvalue weighted by atomic mass is 19.1. The number of anilines is 1. The molecule has 0 aliphatic carbocycles. The Bertz CT molecular complexity index is 850. The molecular formula is C19H26FN5O3. The van der Waals surface area contributed by atoms with Crippen molar-refractivity contribution < 1.29 is 18.4 Å². The Morgan fingerprint density at radius 1 is 1.32 bits per heavy atom. The van der Waals surface area contributed by atoms with E-state index in [0.29, 0.717) is 30.4 Å². The quantitative estimate of drug-likeness (QED) is 0.854. The second-order valence-electron chi connectivity index (χ2n) is 6.99. The van der Waals surface area contributed by atoms with E-state index in [0.717, 1.165) is 22.5 Å². The molecule has 1 amide bonds. The van der Waals surface area contributed by atoms with Gasteiger partial charge >= 0.3 is 6.09 Å². The van der Waals surface area contributed by atoms with Gasteiger partial charge in [0.15, 0.2) is 0 Å². The first kappa shape index (κ1) is 20.0. The number of nitrogens with zero attached hydrogens (tertiary/aromatic N) is 4. The summed E-state index contributed by atoms with van der Waals surface area (Å²) < 4.78 is 25.0. The molecule has 0 spiro atoms. The molecule has 0 saturated carbocycles. The van der Waals surface area contributed by atoms with Crippen molar-refractivity contribution in [2.75, 3.05) is 25.0 Å². The van der Waals surface area contributed by atoms with Crippen LogP contribution in [0.1, 0.15) is 36.2 Å². The van der Waals surface area contributed by atoms with Gasteiger partial charge in [0.05, 0.1) is 36.1 Å². The van der Waals surface area contributed by atoms with E-state index in [-0.39, 0.29) is 13.2 Å². The van der Waals surface area contributed by atoms with E-state index in [9.17, 15) is 9.18 Å². The van der Waals surface area contributed by atoms with Crippen LogP contribution in [0.5, 0.6) is 0 Å². The lowest BCUT2D eigenvalue weighted by atomic mass is 10.0. The van der Waals surface area contributed by atoms with Crippen LogP contribution in [0.15, 0.2) is 4.52 Å². The van der Waals surface area contributed by atoms with E-state index in [4.69, 9.17) is 9.26 Å². The van der Waals surface area contributed by atoms with Crippen LogP contribution in [0.3, 0.4) is 0 Å². The number of piperidine rings is 1. The van der Waals surface area contributed by atoms with Crippen LogP contribution in [0.2, 0.25) is 0 Å². The molecule has 2 atom stereocenters. The summed E-state index contributed by atoms with van der Waals surface area (Å²) in [6, 6.07) is -0.448. The fourth-order valence-corrected chi connectivity index (χ4v) is 3.46. The van der Waals surface area contributed by atoms with Gasteiger partial charge in [-0.25, -0.2) is 19.2 Å². The third-order valence-electron chi connectivity index (χ3n) is 4.92. The largest absolute Gasteiger partial charge is 0.450 e. The molecule has 0 bridgehead atoms. The number of carbonyl (C=O) groups excluding carboxylic acids is 1. The Kier molecular flexibility index (Phi) is 5.81. The predicted molar refractivity (Wildman–Crippen MR) is 102 cm³/mol. The van der Waals surface area contributed by atoms with E-state index in [1.54, 1.807) is 13.8 Å². The van der Waals surface area contributed by atoms with Crippen LogP contribution in [0, 0.1) is 27.7 Å². The Labute approximate surface area is 163 Å². The predicted octanol–water partition coefficient (Wildman–Crippen LogP) is 3.35. The molecule has 9 heteroatoms. The van der Waals surface area contributed by atoms with Crippen molar-refractivity contribution in [1.29, 1.82) is 0 Å². The first-order valence-electron chi connectivity index (χ1n) is 9.42. The average Bonchev–Trinajstić information content (AvgIpc) is 2.98. The normalized spacial score (nSPS) is 19.6. The summed E-state index contributed by atoms with van der Waals surface area (Å²) in [4.78, 5) is 22.3. The number of amides is 1. The fraction of sp³-hybridized carbons (Fsp3) is 0.579. The minimum Gasteiger partial charge on any atom is -0.450 e. The number of aryl methyl sites for hydroxylation is 3. The number of likely N-dealkylation sites (tertiary alicyclic amines) is 1. The van der Waals surface area contributed by atoms with Crippen molar-refractivity contribution in [3.05, 3.63) is 22.8 Å². The van der Waals surface area contributed by atoms with Gasteiger partial charge in [-0.05, 0) is 41.0 Å². The molecule has 8 nitrogen and oxygen atoms in total. The second-order valence-corrected chi connectivity index (χ2v) is 6.99. The molecule has 0 radical (unpaired) electrons. The van der Waals surface area contributed by atoms with Gasteiger partial charge in [-0.1, -0.05) is 5.16 Å². The maximum absolute atomic E-state index is 14.7. The minimum atomic E-state index is -1.23. The van der Waals surface area contributed by atoms with Crippen LogP contribution >= 0.6 is 0 Å². The van der Waals surface area contributed by atoms with Gasteiger partial charge in [0.25, 0.3) is 0 Å². The zero-order valence-electron chi connectivity index (χ0n) is 16.9. The van der Waals surface area contributed by atoms with Gasteiger partial charge in [0.1, 0.15) is 23.6 Å². The zero-order chi connectivity index (χ0) is 20.4. The Balaban J connectivity index is 1.81. The standard InChI is InChI=1S/C19H26FN5O3/c1-6-27-19(26)25-8-7-15(14(20)9-25)23-18-10(2)17(21-13(5)22-18)16-11(3)24-28-12(16)4/h14-15H,6-9H2,1-5H3,(H,21,22,23)/t14-,15+/m0/s1. The van der Waals surface area contributed by atoms with E-state index in [1.165, 1.54) is 4.90 Å². The SMILES string of the molecule is CCOC(=O)N1CC[C@@H](Nc2nc(C)nc(-c3c(C)noc3C)c2C)[C@@H](F)C1. The highest BCUT2D eigenvalue weighted by molar-refractivity contribution is 5.71. The first-order valence-corrected chi connectivity index (χ1v) is 9.42. The fourth-order valence-electron chi connectivity index (χ4n) is 3.46. The van der Waals surface area contributed by atoms with Crippen molar-refractivity contribution in [2.24, 2.45) is 0 Å². The van der Waals surface area contributed by atoms with Crippen LogP contribution in [-0.4, -0.2) is 58.0 Å². The van der Waals surface area contributed by atoms with E-state index < -0.39 is 18.3 Å². The number of alkyl halides is 1. The van der Waals surface area contributed by atoms with Crippen LogP contribution in [0.25, 0.3) is 11.3 Å². The number of aromatic nitrogens is 3. The third kappa shape index (κ3) is 3.93. The molecule has 3 rings (SSSR count). The highest BCUT2D eigenvalue weighted by Crippen LogP contribution is 2.31. The van der Waals surface area contributed by atoms with Crippen molar-refractivity contribution >= 4 is 11.9 Å². The number of nitrogens with one attached hydrogen (secondary N) is 1. The molecule has 2 aromatic heterocycles. The summed E-state index contributed by atoms with van der Waals surface area (Å²) in [6.45, 7) is 9.81. The zero-order valence-corrected chi connectivity index (χ0v) is 16.9. The molecule has 1 fully saturated rings. The van der Waals surface area contributed by atoms with Gasteiger partial charge in [-0.2, -0.15) is 0 Å². The number of rotatable bonds is 4. The van der Waals surface area contributed by atoms with E-state index in [2.05, 4.69) is 20.4 Å². The molecule has 0 unspecified atom stereocenters. The van der Waals surface area contributed by atoms with Gasteiger partial charge in [-0.3, -0.25) is 0 Å². The van der Waals surface area contributed by atoms with Crippen molar-refractivity contribution in [3.8, 4) is 11.3 Å². The molecule has 28 heavy (non-hydrogen) atoms. The summed E-state index contributed by atoms with van der Waals surface area (Å²) in [5.74, 6) is 1.83. The smallest absolute Gasteiger partial charge is 0.409 e. The summed E-state index contributed by atoms with van der Waals surface area (Å²) in [5, 5.41) is 7.21. The number of hydrogen-bond acceptors (Lipinski definition) is 7. The molecule has 1 saturated heterocycles. The summed E-state index contributed by atoms with van der Waals surface area (Å²) in [7, 11) is 0. The molecule has 1 aliphatic heterocycles. The van der Waals surface area contributed by atoms with Gasteiger partial charge in [-0.15, -0.1) is 0 Å². The third-order valence-corrected chi connectivity index (χ3v) is 4.92. The van der Waals surface area contributed by atoms with Gasteiger partial charge in [0, 0.05) is 12.1 Å². The van der Waals surface area contributed by atoms with Crippen LogP contribution < -0.4 is 5.32 Å². The summed E-state index contributed by atoms with van der Waals surface area (Å²) in [6.07, 6.45) is -1.24. The second kappa shape index (κ2) is 8.12. The summed E-state index contributed by atoms with van der Waals surface area (Å²) >= 11 is 0. The molecule has 0 aromatic carbocycles. The van der Waals surface area contributed by atoms with E-state index in [1.807, 2.05) is 20.8 Å². The molecular weight excluding hydrogens is 365 g/mol. The van der Waals surface area contributed by atoms with Crippen LogP contribution in [-0.2, 0) is 4.74 Å². The lowest BCUT2D eigenvalue weighted by molar-refractivity contribution is 0.0760. The topological polar surface area (TPSA) is 93.4 Å². The number of carbonyl (C=O) groups is 1. The summed E-state index contributed by atoms with van der Waals surface area (Å²) in [5.41, 5.74) is 3.11. The van der Waals surface area contributed by atoms with Gasteiger partial charge < -0.3 is 19.5 Å². The highest BCUT2D eigenvalue weighted by Gasteiger charge is 2.33. The van der Waals surface area contributed by atoms with Crippen molar-refractivity contribution in [1.82, 2.24) is 20.0 Å². The number of ether oxygens (including phenoxy) is 1. The molecule has 1 aliphatic rings. The van der Waals surface area contributed by atoms with Crippen molar-refractivity contribution in [3.63, 3.8) is 0 Å². The minimum absolute atomic E-state index is 0.00363. The van der Waals surface area contributed by atoms with Gasteiger partial charge in [0.2, 0.25) is 0 Å². The molecule has 3 heterocycles. The maximum Gasteiger partial charge on any atom is 0.409 e. The first-order chi connectivity index (χ1) is 13.3. The van der Waals surface area contributed by atoms with E-state index >= 15 is 0 Å². The monoisotopic (exact) mass is 391 g/mol. The average molecular weight is 391 g/mol. The lowest BCUT2D eigenvalue weighted by Gasteiger charge is -2.34. The molecule has 2 aromatic rings. The Morgan fingerprint density at radius 3 is 2.68 bits per heavy atom. The lowest BCUT2D eigenvalue weighted by Crippen LogP contribution is -2.50. The Morgan fingerprint density at radius 2 is 2.07 bits per heavy atom. The number of halogens is 1. The Hall–Kier alpha value is -2.71. The van der Waals surface area contributed by atoms with Crippen LogP contribution in [0.4, 0.5) is 15.0 Å². The molecule has 152 valence electrons. The van der Waals surface area contributed by atoms with Crippen molar-refractivity contribution in [2.45, 2.75) is 53.3 Å². The number of hydrogen-bond donors (Lipinski definition) is 1. The molecule has 1 N–H and O–H groups in total.